The Morgan fingerprint density at radius 3 is 2.39 bits per heavy atom. The molecule has 0 radical (unpaired) electrons. The molecule has 2 aromatic carbocycles. The van der Waals surface area contributed by atoms with Crippen molar-refractivity contribution in [2.75, 3.05) is 0 Å². The van der Waals surface area contributed by atoms with E-state index in [1.165, 1.54) is 0 Å². The molecule has 4 aromatic rings. The fourth-order valence-corrected chi connectivity index (χ4v) is 3.57. The quantitative estimate of drug-likeness (QED) is 0.498. The van der Waals surface area contributed by atoms with Gasteiger partial charge >= 0.3 is 0 Å². The molecule has 0 saturated carbocycles. The highest BCUT2D eigenvalue weighted by Gasteiger charge is 2.19. The van der Waals surface area contributed by atoms with Gasteiger partial charge in [-0.3, -0.25) is 9.67 Å². The van der Waals surface area contributed by atoms with E-state index in [9.17, 15) is 0 Å². The van der Waals surface area contributed by atoms with Crippen molar-refractivity contribution in [2.45, 2.75) is 32.4 Å². The maximum Gasteiger partial charge on any atom is 0.100 e. The third-order valence-corrected chi connectivity index (χ3v) is 4.87. The minimum atomic E-state index is -0.140. The fraction of sp³-hybridized carbons (Fsp3) is 0.217. The first kappa shape index (κ1) is 20.1. The van der Waals surface area contributed by atoms with Gasteiger partial charge in [-0.1, -0.05) is 48.5 Å². The van der Waals surface area contributed by atoms with Gasteiger partial charge in [0.1, 0.15) is 5.69 Å². The van der Waals surface area contributed by atoms with Crippen molar-refractivity contribution in [3.8, 4) is 11.3 Å². The molecule has 4 nitrogen and oxygen atoms in total. The van der Waals surface area contributed by atoms with Crippen molar-refractivity contribution >= 4 is 23.3 Å². The van der Waals surface area contributed by atoms with Gasteiger partial charge < -0.3 is 5.73 Å². The van der Waals surface area contributed by atoms with E-state index in [-0.39, 0.29) is 24.5 Å². The molecule has 0 amide bonds. The summed E-state index contributed by atoms with van der Waals surface area (Å²) in [5.74, 6) is 0. The van der Waals surface area contributed by atoms with Gasteiger partial charge in [0.25, 0.3) is 0 Å². The first-order valence-corrected chi connectivity index (χ1v) is 9.37. The third kappa shape index (κ3) is 3.79. The number of benzene rings is 2. The lowest BCUT2D eigenvalue weighted by molar-refractivity contribution is 0.552. The maximum atomic E-state index is 6.60. The summed E-state index contributed by atoms with van der Waals surface area (Å²) in [5.41, 5.74) is 11.9. The van der Waals surface area contributed by atoms with Crippen molar-refractivity contribution in [3.05, 3.63) is 84.2 Å². The van der Waals surface area contributed by atoms with Gasteiger partial charge in [0.2, 0.25) is 0 Å². The first-order chi connectivity index (χ1) is 13.1. The highest BCUT2D eigenvalue weighted by atomic mass is 35.5. The molecule has 144 valence electrons. The number of aromatic nitrogens is 3. The predicted molar refractivity (Wildman–Crippen MR) is 118 cm³/mol. The minimum absolute atomic E-state index is 0. The Morgan fingerprint density at radius 1 is 0.929 bits per heavy atom. The number of nitrogens with zero attached hydrogens (tertiary/aromatic N) is 3. The van der Waals surface area contributed by atoms with Crippen LogP contribution in [0, 0.1) is 0 Å². The molecule has 28 heavy (non-hydrogen) atoms. The summed E-state index contributed by atoms with van der Waals surface area (Å²) in [6, 6.07) is 22.8. The van der Waals surface area contributed by atoms with Crippen molar-refractivity contribution in [1.29, 1.82) is 0 Å². The molecule has 0 aliphatic rings. The predicted octanol–water partition coefficient (Wildman–Crippen LogP) is 5.34. The second kappa shape index (κ2) is 8.55. The number of pyridine rings is 1. The van der Waals surface area contributed by atoms with Gasteiger partial charge in [-0.25, -0.2) is 0 Å². The van der Waals surface area contributed by atoms with Gasteiger partial charge in [-0.05, 0) is 37.6 Å². The van der Waals surface area contributed by atoms with E-state index in [2.05, 4.69) is 66.0 Å². The molecule has 0 bridgehead atoms. The highest BCUT2D eigenvalue weighted by Crippen LogP contribution is 2.34. The van der Waals surface area contributed by atoms with Gasteiger partial charge in [0.15, 0.2) is 0 Å². The summed E-state index contributed by atoms with van der Waals surface area (Å²) in [7, 11) is 0. The average Bonchev–Trinajstić information content (AvgIpc) is 3.09. The topological polar surface area (TPSA) is 56.7 Å². The maximum absolute atomic E-state index is 6.60. The molecule has 1 atom stereocenters. The van der Waals surface area contributed by atoms with Crippen molar-refractivity contribution in [1.82, 2.24) is 14.8 Å². The van der Waals surface area contributed by atoms with Crippen molar-refractivity contribution in [2.24, 2.45) is 5.73 Å². The van der Waals surface area contributed by atoms with Crippen LogP contribution in [0.25, 0.3) is 22.2 Å². The normalized spacial score (nSPS) is 12.1. The summed E-state index contributed by atoms with van der Waals surface area (Å²) < 4.78 is 2.09. The second-order valence-corrected chi connectivity index (χ2v) is 7.12. The van der Waals surface area contributed by atoms with Crippen LogP contribution < -0.4 is 5.73 Å². The zero-order chi connectivity index (χ0) is 18.8. The van der Waals surface area contributed by atoms with Crippen LogP contribution in [-0.4, -0.2) is 14.8 Å². The largest absolute Gasteiger partial charge is 0.324 e. The van der Waals surface area contributed by atoms with Gasteiger partial charge in [-0.15, -0.1) is 12.4 Å². The summed E-state index contributed by atoms with van der Waals surface area (Å²) in [5, 5.41) is 6.11. The van der Waals surface area contributed by atoms with E-state index >= 15 is 0 Å². The van der Waals surface area contributed by atoms with E-state index in [0.717, 1.165) is 33.4 Å². The van der Waals surface area contributed by atoms with Crippen LogP contribution in [0.15, 0.2) is 72.9 Å². The Morgan fingerprint density at radius 2 is 1.64 bits per heavy atom. The van der Waals surface area contributed by atoms with E-state index in [1.54, 1.807) is 0 Å². The number of nitrogens with two attached hydrogens (primary N) is 1. The first-order valence-electron chi connectivity index (χ1n) is 9.37. The van der Waals surface area contributed by atoms with Gasteiger partial charge in [0, 0.05) is 41.3 Å². The second-order valence-electron chi connectivity index (χ2n) is 7.12. The Balaban J connectivity index is 0.00000225. The van der Waals surface area contributed by atoms with Crippen LogP contribution in [0.2, 0.25) is 0 Å². The Kier molecular flexibility index (Phi) is 6.12. The van der Waals surface area contributed by atoms with Crippen LogP contribution in [0.1, 0.15) is 37.2 Å². The minimum Gasteiger partial charge on any atom is -0.324 e. The van der Waals surface area contributed by atoms with E-state index < -0.39 is 0 Å². The van der Waals surface area contributed by atoms with Gasteiger partial charge in [-0.2, -0.15) is 5.10 Å². The molecule has 0 unspecified atom stereocenters. The summed E-state index contributed by atoms with van der Waals surface area (Å²) in [6.45, 7) is 4.31. The number of halogens is 1. The lowest BCUT2D eigenvalue weighted by Crippen LogP contribution is -2.15. The zero-order valence-electron chi connectivity index (χ0n) is 16.1. The molecule has 0 aliphatic carbocycles. The summed E-state index contributed by atoms with van der Waals surface area (Å²) in [6.07, 6.45) is 2.51. The standard InChI is InChI=1S/C23H24N4.ClH/c1-16(2)27-22-13-6-5-12-20(22)23(26-27)19-11-4-3-10-18(19)21(24)15-17-9-7-8-14-25-17;/h3-14,16,21H,15,24H2,1-2H3;1H/t21-;/m0./s1. The third-order valence-electron chi connectivity index (χ3n) is 4.87. The lowest BCUT2D eigenvalue weighted by Gasteiger charge is -2.15. The van der Waals surface area contributed by atoms with Crippen LogP contribution in [0.5, 0.6) is 0 Å². The Hall–Kier alpha value is -2.69. The number of hydrogen-bond donors (Lipinski definition) is 1. The highest BCUT2D eigenvalue weighted by molar-refractivity contribution is 5.94. The molecule has 0 spiro atoms. The molecule has 0 aliphatic heterocycles. The summed E-state index contributed by atoms with van der Waals surface area (Å²) in [4.78, 5) is 4.42. The van der Waals surface area contributed by atoms with Crippen molar-refractivity contribution < 1.29 is 0 Å². The zero-order valence-corrected chi connectivity index (χ0v) is 16.9. The number of para-hydroxylation sites is 1. The molecular formula is C23H25ClN4. The van der Waals surface area contributed by atoms with Crippen molar-refractivity contribution in [3.63, 3.8) is 0 Å². The molecule has 2 aromatic heterocycles. The SMILES string of the molecule is CC(C)n1nc(-c2ccccc2[C@@H](N)Cc2ccccn2)c2ccccc21.Cl. The molecule has 4 rings (SSSR count). The van der Waals surface area contributed by atoms with Crippen LogP contribution in [0.3, 0.4) is 0 Å². The molecule has 0 saturated heterocycles. The molecule has 0 fully saturated rings. The lowest BCUT2D eigenvalue weighted by atomic mass is 9.94. The molecule has 2 N–H and O–H groups in total. The Bertz CT molecular complexity index is 1060. The van der Waals surface area contributed by atoms with E-state index in [0.29, 0.717) is 6.42 Å². The fourth-order valence-electron chi connectivity index (χ4n) is 3.57. The summed E-state index contributed by atoms with van der Waals surface area (Å²) >= 11 is 0. The number of fused-ring (bicyclic) bond motifs is 1. The van der Waals surface area contributed by atoms with Gasteiger partial charge in [0.05, 0.1) is 5.52 Å². The number of hydrogen-bond acceptors (Lipinski definition) is 3. The van der Waals surface area contributed by atoms with Crippen LogP contribution in [0.4, 0.5) is 0 Å². The smallest absolute Gasteiger partial charge is 0.100 e. The Labute approximate surface area is 171 Å². The average molecular weight is 393 g/mol. The van der Waals surface area contributed by atoms with Crippen LogP contribution in [-0.2, 0) is 6.42 Å². The molecule has 5 heteroatoms. The molecular weight excluding hydrogens is 368 g/mol. The number of rotatable bonds is 5. The van der Waals surface area contributed by atoms with E-state index in [4.69, 9.17) is 10.8 Å². The molecule has 2 heterocycles. The van der Waals surface area contributed by atoms with Crippen LogP contribution >= 0.6 is 12.4 Å². The van der Waals surface area contributed by atoms with E-state index in [1.807, 2.05) is 30.5 Å². The monoisotopic (exact) mass is 392 g/mol.